The molecule has 0 bridgehead atoms. The van der Waals surface area contributed by atoms with E-state index in [0.717, 1.165) is 53.2 Å². The number of nitrogens with one attached hydrogen (secondary N) is 2. The first-order valence-corrected chi connectivity index (χ1v) is 11.2. The molecule has 0 saturated heterocycles. The largest absolute Gasteiger partial charge is 0.497 e. The second kappa shape index (κ2) is 12.3. The number of carbonyl (C=O) groups excluding carboxylic acids is 2. The maximum absolute atomic E-state index is 11.9. The molecule has 178 valence electrons. The fourth-order valence-corrected chi connectivity index (χ4v) is 4.75. The van der Waals surface area contributed by atoms with Gasteiger partial charge in [-0.05, 0) is 56.0 Å². The first-order chi connectivity index (χ1) is 15.3. The SMILES string of the molecule is CC.CCC1(O)CC(C=C(C)C)=C(NC=O)C[C@@]12CCNc1ccc(OC)cc12.NC=O. The van der Waals surface area contributed by atoms with Crippen molar-refractivity contribution >= 4 is 18.5 Å². The Kier molecular flexibility index (Phi) is 10.5. The summed E-state index contributed by atoms with van der Waals surface area (Å²) in [5.41, 5.74) is 7.97. The van der Waals surface area contributed by atoms with E-state index in [9.17, 15) is 9.90 Å². The average Bonchev–Trinajstić information content (AvgIpc) is 2.79. The molecule has 0 fully saturated rings. The van der Waals surface area contributed by atoms with E-state index in [1.807, 2.05) is 52.8 Å². The second-order valence-electron chi connectivity index (χ2n) is 8.03. The maximum atomic E-state index is 11.9. The molecule has 1 aromatic rings. The number of primary amides is 1. The van der Waals surface area contributed by atoms with Gasteiger partial charge in [-0.3, -0.25) is 9.59 Å². The van der Waals surface area contributed by atoms with Crippen molar-refractivity contribution in [3.05, 3.63) is 46.7 Å². The molecule has 1 aliphatic heterocycles. The number of aliphatic hydroxyl groups is 1. The number of hydrogen-bond donors (Lipinski definition) is 4. The van der Waals surface area contributed by atoms with Crippen molar-refractivity contribution in [3.63, 3.8) is 0 Å². The van der Waals surface area contributed by atoms with Crippen LogP contribution in [0.5, 0.6) is 5.75 Å². The lowest BCUT2D eigenvalue weighted by molar-refractivity contribution is -0.109. The summed E-state index contributed by atoms with van der Waals surface area (Å²) in [5.74, 6) is 0.777. The van der Waals surface area contributed by atoms with Gasteiger partial charge in [-0.1, -0.05) is 32.4 Å². The third-order valence-corrected chi connectivity index (χ3v) is 6.13. The normalized spacial score (nSPS) is 23.2. The van der Waals surface area contributed by atoms with E-state index in [-0.39, 0.29) is 6.41 Å². The van der Waals surface area contributed by atoms with Crippen LogP contribution in [0.25, 0.3) is 0 Å². The number of nitrogens with two attached hydrogens (primary N) is 1. The number of hydrogen-bond acceptors (Lipinski definition) is 5. The number of allylic oxidation sites excluding steroid dienone is 3. The van der Waals surface area contributed by atoms with E-state index in [1.54, 1.807) is 7.11 Å². The molecule has 7 nitrogen and oxygen atoms in total. The summed E-state index contributed by atoms with van der Waals surface area (Å²) in [5, 5.41) is 18.3. The predicted molar refractivity (Wildman–Crippen MR) is 130 cm³/mol. The number of ether oxygens (including phenoxy) is 1. The van der Waals surface area contributed by atoms with Gasteiger partial charge in [-0.25, -0.2) is 0 Å². The van der Waals surface area contributed by atoms with Crippen LogP contribution >= 0.6 is 0 Å². The Bertz CT molecular complexity index is 846. The third-order valence-electron chi connectivity index (χ3n) is 6.13. The number of rotatable bonds is 5. The topological polar surface area (TPSA) is 114 Å². The molecule has 1 unspecified atom stereocenters. The molecule has 1 aromatic carbocycles. The lowest BCUT2D eigenvalue weighted by Crippen LogP contribution is -2.57. The molecule has 0 aromatic heterocycles. The van der Waals surface area contributed by atoms with Crippen LogP contribution in [0.1, 0.15) is 65.9 Å². The standard InChI is InChI=1S/C22H30N2O3.C2H6.CH3NO/c1-5-22(26)12-16(10-15(2)3)20(24-14-25)13-21(22)8-9-23-19-7-6-17(27-4)11-18(19)21;1-2;2-1-3/h6-7,10-11,14,23,26H,5,8-9,12-13H2,1-4H3,(H,24,25);1-2H3;1H,(H2,2,3)/t21-,22?;;/m1../s1. The van der Waals surface area contributed by atoms with E-state index < -0.39 is 11.0 Å². The fourth-order valence-electron chi connectivity index (χ4n) is 4.75. The minimum absolute atomic E-state index is 0.250. The van der Waals surface area contributed by atoms with Gasteiger partial charge in [-0.2, -0.15) is 0 Å². The molecule has 1 aliphatic carbocycles. The van der Waals surface area contributed by atoms with Gasteiger partial charge in [0.15, 0.2) is 0 Å². The molecule has 0 saturated carbocycles. The molecule has 1 heterocycles. The molecule has 3 rings (SSSR count). The van der Waals surface area contributed by atoms with Crippen molar-refractivity contribution < 1.29 is 19.4 Å². The van der Waals surface area contributed by atoms with Gasteiger partial charge in [0.25, 0.3) is 0 Å². The number of methoxy groups -OCH3 is 1. The lowest BCUT2D eigenvalue weighted by atomic mass is 9.55. The Labute approximate surface area is 192 Å². The molecule has 0 radical (unpaired) electrons. The van der Waals surface area contributed by atoms with Crippen molar-refractivity contribution in [2.24, 2.45) is 5.73 Å². The van der Waals surface area contributed by atoms with Crippen LogP contribution in [0.3, 0.4) is 0 Å². The zero-order chi connectivity index (χ0) is 24.4. The van der Waals surface area contributed by atoms with Gasteiger partial charge in [0.2, 0.25) is 12.8 Å². The molecule has 32 heavy (non-hydrogen) atoms. The fraction of sp³-hybridized carbons (Fsp3) is 0.520. The van der Waals surface area contributed by atoms with E-state index in [1.165, 1.54) is 0 Å². The molecule has 2 aliphatic rings. The average molecular weight is 446 g/mol. The van der Waals surface area contributed by atoms with Crippen molar-refractivity contribution in [3.8, 4) is 5.75 Å². The van der Waals surface area contributed by atoms with Gasteiger partial charge >= 0.3 is 0 Å². The van der Waals surface area contributed by atoms with Gasteiger partial charge in [-0.15, -0.1) is 0 Å². The monoisotopic (exact) mass is 445 g/mol. The molecular weight excluding hydrogens is 406 g/mol. The number of benzene rings is 1. The highest BCUT2D eigenvalue weighted by Gasteiger charge is 2.55. The first kappa shape index (κ1) is 27.2. The lowest BCUT2D eigenvalue weighted by Gasteiger charge is -2.54. The minimum atomic E-state index is -0.897. The van der Waals surface area contributed by atoms with E-state index in [2.05, 4.69) is 22.4 Å². The summed E-state index contributed by atoms with van der Waals surface area (Å²) in [7, 11) is 1.66. The van der Waals surface area contributed by atoms with Crippen LogP contribution in [0.15, 0.2) is 41.1 Å². The summed E-state index contributed by atoms with van der Waals surface area (Å²) < 4.78 is 5.46. The van der Waals surface area contributed by atoms with Crippen molar-refractivity contribution in [2.45, 2.75) is 71.3 Å². The van der Waals surface area contributed by atoms with Crippen LogP contribution in [-0.2, 0) is 15.0 Å². The maximum Gasteiger partial charge on any atom is 0.211 e. The van der Waals surface area contributed by atoms with E-state index in [0.29, 0.717) is 19.3 Å². The van der Waals surface area contributed by atoms with Crippen molar-refractivity contribution in [1.29, 1.82) is 0 Å². The van der Waals surface area contributed by atoms with Crippen molar-refractivity contribution in [2.75, 3.05) is 19.0 Å². The number of carbonyl (C=O) groups is 2. The second-order valence-corrected chi connectivity index (χ2v) is 8.03. The molecule has 1 spiro atoms. The van der Waals surface area contributed by atoms with Gasteiger partial charge in [0, 0.05) is 36.2 Å². The molecular formula is C25H39N3O4. The quantitative estimate of drug-likeness (QED) is 0.515. The molecule has 2 amide bonds. The van der Waals surface area contributed by atoms with Crippen LogP contribution in [0, 0.1) is 0 Å². The minimum Gasteiger partial charge on any atom is -0.497 e. The predicted octanol–water partition coefficient (Wildman–Crippen LogP) is 3.78. The van der Waals surface area contributed by atoms with Crippen LogP contribution < -0.4 is 21.1 Å². The first-order valence-electron chi connectivity index (χ1n) is 11.2. The highest BCUT2D eigenvalue weighted by molar-refractivity contribution is 5.63. The highest BCUT2D eigenvalue weighted by Crippen LogP contribution is 2.55. The highest BCUT2D eigenvalue weighted by atomic mass is 16.5. The van der Waals surface area contributed by atoms with E-state index in [4.69, 9.17) is 9.53 Å². The zero-order valence-electron chi connectivity index (χ0n) is 20.2. The number of amides is 2. The Balaban J connectivity index is 0.000000944. The zero-order valence-corrected chi connectivity index (χ0v) is 20.2. The Morgan fingerprint density at radius 1 is 1.28 bits per heavy atom. The van der Waals surface area contributed by atoms with E-state index >= 15 is 0 Å². The molecule has 7 heteroatoms. The smallest absolute Gasteiger partial charge is 0.211 e. The van der Waals surface area contributed by atoms with Crippen LogP contribution in [0.2, 0.25) is 0 Å². The van der Waals surface area contributed by atoms with Gasteiger partial charge in [0.05, 0.1) is 12.7 Å². The van der Waals surface area contributed by atoms with Gasteiger partial charge < -0.3 is 26.2 Å². The third kappa shape index (κ3) is 5.51. The van der Waals surface area contributed by atoms with Gasteiger partial charge in [0.1, 0.15) is 5.75 Å². The molecule has 2 atom stereocenters. The number of anilines is 1. The summed E-state index contributed by atoms with van der Waals surface area (Å²) in [6.07, 6.45) is 5.61. The summed E-state index contributed by atoms with van der Waals surface area (Å²) in [4.78, 5) is 19.9. The summed E-state index contributed by atoms with van der Waals surface area (Å²) in [6.45, 7) is 10.9. The Morgan fingerprint density at radius 3 is 2.47 bits per heavy atom. The molecule has 5 N–H and O–H groups in total. The summed E-state index contributed by atoms with van der Waals surface area (Å²) in [6, 6.07) is 5.99. The Hall–Kier alpha value is -2.80. The Morgan fingerprint density at radius 2 is 1.94 bits per heavy atom. The number of fused-ring (bicyclic) bond motifs is 2. The van der Waals surface area contributed by atoms with Crippen LogP contribution in [-0.4, -0.2) is 37.2 Å². The van der Waals surface area contributed by atoms with Crippen molar-refractivity contribution in [1.82, 2.24) is 5.32 Å². The summed E-state index contributed by atoms with van der Waals surface area (Å²) >= 11 is 0. The van der Waals surface area contributed by atoms with Crippen LogP contribution in [0.4, 0.5) is 5.69 Å².